The highest BCUT2D eigenvalue weighted by molar-refractivity contribution is 7.14. The zero-order valence-corrected chi connectivity index (χ0v) is 12.4. The maximum atomic E-state index is 11.9. The molecular weight excluding hydrogens is 272 g/mol. The van der Waals surface area contributed by atoms with E-state index in [1.807, 2.05) is 12.1 Å². The van der Waals surface area contributed by atoms with E-state index in [0.29, 0.717) is 23.3 Å². The summed E-state index contributed by atoms with van der Waals surface area (Å²) in [6.07, 6.45) is 4.39. The highest BCUT2D eigenvalue weighted by Gasteiger charge is 2.10. The molecule has 106 valence electrons. The number of nitrogens with zero attached hydrogens (tertiary/aromatic N) is 2. The van der Waals surface area contributed by atoms with Crippen molar-refractivity contribution in [1.29, 1.82) is 0 Å². The van der Waals surface area contributed by atoms with Crippen molar-refractivity contribution in [3.05, 3.63) is 35.6 Å². The quantitative estimate of drug-likeness (QED) is 0.858. The van der Waals surface area contributed by atoms with Crippen molar-refractivity contribution in [2.45, 2.75) is 20.3 Å². The van der Waals surface area contributed by atoms with E-state index in [1.54, 1.807) is 17.8 Å². The number of nitrogens with one attached hydrogen (secondary N) is 2. The number of rotatable bonds is 6. The zero-order chi connectivity index (χ0) is 14.4. The largest absolute Gasteiger partial charge is 0.351 e. The van der Waals surface area contributed by atoms with Gasteiger partial charge < -0.3 is 10.6 Å². The fourth-order valence-electron chi connectivity index (χ4n) is 1.56. The van der Waals surface area contributed by atoms with Crippen LogP contribution in [0.2, 0.25) is 0 Å². The van der Waals surface area contributed by atoms with E-state index in [4.69, 9.17) is 0 Å². The summed E-state index contributed by atoms with van der Waals surface area (Å²) in [6.45, 7) is 4.94. The van der Waals surface area contributed by atoms with Crippen molar-refractivity contribution >= 4 is 28.1 Å². The van der Waals surface area contributed by atoms with Crippen molar-refractivity contribution < 1.29 is 4.79 Å². The van der Waals surface area contributed by atoms with E-state index in [1.165, 1.54) is 11.3 Å². The van der Waals surface area contributed by atoms with Crippen molar-refractivity contribution in [3.8, 4) is 0 Å². The molecule has 0 spiro atoms. The molecule has 0 bridgehead atoms. The van der Waals surface area contributed by atoms with Crippen LogP contribution in [0.25, 0.3) is 0 Å². The van der Waals surface area contributed by atoms with Gasteiger partial charge in [0.1, 0.15) is 5.69 Å². The molecule has 6 heteroatoms. The van der Waals surface area contributed by atoms with Crippen LogP contribution in [0.4, 0.5) is 10.8 Å². The molecule has 2 N–H and O–H groups in total. The number of aromatic nitrogens is 2. The molecule has 2 aromatic heterocycles. The first kappa shape index (κ1) is 14.5. The van der Waals surface area contributed by atoms with Gasteiger partial charge in [0.15, 0.2) is 5.13 Å². The Morgan fingerprint density at radius 3 is 3.00 bits per heavy atom. The number of carbonyl (C=O) groups excluding carboxylic acids is 1. The predicted octanol–water partition coefficient (Wildman–Crippen LogP) is 3.06. The van der Waals surface area contributed by atoms with Gasteiger partial charge in [-0.2, -0.15) is 0 Å². The average Bonchev–Trinajstić information content (AvgIpc) is 2.88. The second-order valence-electron chi connectivity index (χ2n) is 4.84. The Balaban J connectivity index is 1.90. The smallest absolute Gasteiger partial charge is 0.270 e. The summed E-state index contributed by atoms with van der Waals surface area (Å²) >= 11 is 1.40. The maximum absolute atomic E-state index is 11.9. The van der Waals surface area contributed by atoms with Crippen molar-refractivity contribution in [2.75, 3.05) is 11.9 Å². The first-order valence-electron chi connectivity index (χ1n) is 6.56. The number of carbonyl (C=O) groups is 1. The first-order chi connectivity index (χ1) is 9.65. The first-order valence-corrected chi connectivity index (χ1v) is 7.44. The summed E-state index contributed by atoms with van der Waals surface area (Å²) in [5, 5.41) is 8.43. The van der Waals surface area contributed by atoms with Crippen LogP contribution in [0.15, 0.2) is 29.9 Å². The Morgan fingerprint density at radius 1 is 1.45 bits per heavy atom. The minimum absolute atomic E-state index is 0.124. The van der Waals surface area contributed by atoms with Gasteiger partial charge in [-0.25, -0.2) is 4.98 Å². The molecule has 1 amide bonds. The highest BCUT2D eigenvalue weighted by atomic mass is 32.1. The molecule has 0 aliphatic carbocycles. The van der Waals surface area contributed by atoms with Gasteiger partial charge in [0.2, 0.25) is 0 Å². The van der Waals surface area contributed by atoms with Gasteiger partial charge >= 0.3 is 0 Å². The van der Waals surface area contributed by atoms with Crippen LogP contribution in [-0.4, -0.2) is 22.4 Å². The summed E-state index contributed by atoms with van der Waals surface area (Å²) in [7, 11) is 0. The van der Waals surface area contributed by atoms with Gasteiger partial charge in [-0.1, -0.05) is 13.8 Å². The third kappa shape index (κ3) is 4.31. The van der Waals surface area contributed by atoms with Crippen LogP contribution in [0.1, 0.15) is 30.8 Å². The lowest BCUT2D eigenvalue weighted by Gasteiger charge is -2.05. The Labute approximate surface area is 122 Å². The third-order valence-electron chi connectivity index (χ3n) is 2.66. The van der Waals surface area contributed by atoms with Gasteiger partial charge in [0.05, 0.1) is 11.9 Å². The van der Waals surface area contributed by atoms with Crippen LogP contribution in [0, 0.1) is 5.92 Å². The van der Waals surface area contributed by atoms with Crippen LogP contribution < -0.4 is 10.6 Å². The minimum Gasteiger partial charge on any atom is -0.351 e. The summed E-state index contributed by atoms with van der Waals surface area (Å²) < 4.78 is 0. The second kappa shape index (κ2) is 7.00. The van der Waals surface area contributed by atoms with E-state index >= 15 is 0 Å². The zero-order valence-electron chi connectivity index (χ0n) is 11.6. The molecule has 20 heavy (non-hydrogen) atoms. The SMILES string of the molecule is CC(C)CCNC(=O)c1csc(Nc2cccnc2)n1. The number of hydrogen-bond acceptors (Lipinski definition) is 5. The summed E-state index contributed by atoms with van der Waals surface area (Å²) in [5.41, 5.74) is 1.30. The van der Waals surface area contributed by atoms with E-state index in [-0.39, 0.29) is 5.91 Å². The van der Waals surface area contributed by atoms with Gasteiger partial charge in [-0.05, 0) is 24.5 Å². The number of pyridine rings is 1. The van der Waals surface area contributed by atoms with E-state index < -0.39 is 0 Å². The van der Waals surface area contributed by atoms with Crippen LogP contribution in [-0.2, 0) is 0 Å². The number of thiazole rings is 1. The van der Waals surface area contributed by atoms with Crippen LogP contribution >= 0.6 is 11.3 Å². The molecule has 0 unspecified atom stereocenters. The number of hydrogen-bond donors (Lipinski definition) is 2. The monoisotopic (exact) mass is 290 g/mol. The molecule has 0 fully saturated rings. The summed E-state index contributed by atoms with van der Waals surface area (Å²) in [5.74, 6) is 0.453. The van der Waals surface area contributed by atoms with Gasteiger partial charge in [-0.3, -0.25) is 9.78 Å². The highest BCUT2D eigenvalue weighted by Crippen LogP contribution is 2.20. The maximum Gasteiger partial charge on any atom is 0.270 e. The molecule has 0 atom stereocenters. The fraction of sp³-hybridized carbons (Fsp3) is 0.357. The lowest BCUT2D eigenvalue weighted by atomic mass is 10.1. The molecule has 2 aromatic rings. The standard InChI is InChI=1S/C14H18N4OS/c1-10(2)5-7-16-13(19)12-9-20-14(18-12)17-11-4-3-6-15-8-11/h3-4,6,8-10H,5,7H2,1-2H3,(H,16,19)(H,17,18). The van der Waals surface area contributed by atoms with E-state index in [2.05, 4.69) is 34.4 Å². The molecule has 0 radical (unpaired) electrons. The average molecular weight is 290 g/mol. The minimum atomic E-state index is -0.124. The Hall–Kier alpha value is -1.95. The predicted molar refractivity (Wildman–Crippen MR) is 81.4 cm³/mol. The molecule has 2 rings (SSSR count). The molecule has 0 saturated carbocycles. The second-order valence-corrected chi connectivity index (χ2v) is 5.70. The van der Waals surface area contributed by atoms with Crippen molar-refractivity contribution in [3.63, 3.8) is 0 Å². The Morgan fingerprint density at radius 2 is 2.30 bits per heavy atom. The molecule has 5 nitrogen and oxygen atoms in total. The van der Waals surface area contributed by atoms with Gasteiger partial charge in [0, 0.05) is 18.1 Å². The molecule has 0 saturated heterocycles. The normalized spacial score (nSPS) is 10.6. The van der Waals surface area contributed by atoms with Gasteiger partial charge in [-0.15, -0.1) is 11.3 Å². The topological polar surface area (TPSA) is 66.9 Å². The molecule has 2 heterocycles. The summed E-state index contributed by atoms with van der Waals surface area (Å²) in [6, 6.07) is 3.74. The number of anilines is 2. The fourth-order valence-corrected chi connectivity index (χ4v) is 2.27. The molecule has 0 aliphatic rings. The van der Waals surface area contributed by atoms with Crippen LogP contribution in [0.5, 0.6) is 0 Å². The lowest BCUT2D eigenvalue weighted by molar-refractivity contribution is 0.0948. The lowest BCUT2D eigenvalue weighted by Crippen LogP contribution is -2.25. The van der Waals surface area contributed by atoms with Crippen LogP contribution in [0.3, 0.4) is 0 Å². The van der Waals surface area contributed by atoms with E-state index in [9.17, 15) is 4.79 Å². The molecule has 0 aliphatic heterocycles. The van der Waals surface area contributed by atoms with Crippen molar-refractivity contribution in [1.82, 2.24) is 15.3 Å². The molecular formula is C14H18N4OS. The number of amides is 1. The Kier molecular flexibility index (Phi) is 5.06. The third-order valence-corrected chi connectivity index (χ3v) is 3.41. The Bertz CT molecular complexity index is 553. The van der Waals surface area contributed by atoms with Crippen molar-refractivity contribution in [2.24, 2.45) is 5.92 Å². The van der Waals surface area contributed by atoms with Gasteiger partial charge in [0.25, 0.3) is 5.91 Å². The van der Waals surface area contributed by atoms with E-state index in [0.717, 1.165) is 12.1 Å². The summed E-state index contributed by atoms with van der Waals surface area (Å²) in [4.78, 5) is 20.2. The molecule has 0 aromatic carbocycles.